The zero-order valence-corrected chi connectivity index (χ0v) is 26.2. The van der Waals surface area contributed by atoms with Gasteiger partial charge in [0.2, 0.25) is 0 Å². The summed E-state index contributed by atoms with van der Waals surface area (Å²) in [5.41, 5.74) is 17.5. The highest BCUT2D eigenvalue weighted by Crippen LogP contribution is 2.56. The lowest BCUT2D eigenvalue weighted by Gasteiger charge is -2.32. The van der Waals surface area contributed by atoms with E-state index in [-0.39, 0.29) is 18.3 Å². The van der Waals surface area contributed by atoms with E-state index >= 15 is 0 Å². The molecule has 0 N–H and O–H groups in total. The quantitative estimate of drug-likeness (QED) is 0.243. The molecule has 42 heavy (non-hydrogen) atoms. The highest BCUT2D eigenvalue weighted by Gasteiger charge is 2.44. The van der Waals surface area contributed by atoms with Gasteiger partial charge in [0, 0.05) is 10.8 Å². The van der Waals surface area contributed by atoms with Crippen molar-refractivity contribution in [3.63, 3.8) is 0 Å². The van der Waals surface area contributed by atoms with Crippen molar-refractivity contribution in [3.05, 3.63) is 131 Å². The molecule has 0 saturated heterocycles. The van der Waals surface area contributed by atoms with E-state index in [2.05, 4.69) is 134 Å². The van der Waals surface area contributed by atoms with E-state index < -0.39 is 0 Å². The number of benzene rings is 3. The second-order valence-corrected chi connectivity index (χ2v) is 12.7. The fourth-order valence-electron chi connectivity index (χ4n) is 7.76. The van der Waals surface area contributed by atoms with E-state index in [1.807, 2.05) is 6.08 Å². The summed E-state index contributed by atoms with van der Waals surface area (Å²) in [4.78, 5) is 0. The van der Waals surface area contributed by atoms with Crippen molar-refractivity contribution in [1.29, 1.82) is 0 Å². The summed E-state index contributed by atoms with van der Waals surface area (Å²) < 4.78 is 0. The van der Waals surface area contributed by atoms with Crippen molar-refractivity contribution in [1.82, 2.24) is 0 Å². The molecule has 5 rings (SSSR count). The van der Waals surface area contributed by atoms with Crippen molar-refractivity contribution >= 4 is 11.1 Å². The molecule has 0 amide bonds. The minimum absolute atomic E-state index is 0. The second-order valence-electron chi connectivity index (χ2n) is 12.7. The zero-order valence-electron chi connectivity index (χ0n) is 26.2. The Morgan fingerprint density at radius 3 is 1.88 bits per heavy atom. The van der Waals surface area contributed by atoms with E-state index in [1.165, 1.54) is 79.6 Å². The van der Waals surface area contributed by atoms with Crippen LogP contribution in [0.5, 0.6) is 0 Å². The molecule has 0 heterocycles. The van der Waals surface area contributed by atoms with Crippen LogP contribution in [0.2, 0.25) is 0 Å². The fraction of sp³-hybridized carbons (Fsp3) is 0.333. The van der Waals surface area contributed by atoms with Crippen LogP contribution < -0.4 is 0 Å². The summed E-state index contributed by atoms with van der Waals surface area (Å²) in [5, 5.41) is 0. The van der Waals surface area contributed by atoms with Crippen LogP contribution >= 0.6 is 0 Å². The molecule has 218 valence electrons. The van der Waals surface area contributed by atoms with Gasteiger partial charge in [-0.3, -0.25) is 0 Å². The summed E-state index contributed by atoms with van der Waals surface area (Å²) in [6.45, 7) is 24.0. The molecule has 2 aliphatic rings. The number of allylic oxidation sites excluding steroid dienone is 8. The molecule has 0 spiro atoms. The van der Waals surface area contributed by atoms with Gasteiger partial charge in [-0.25, -0.2) is 0 Å². The first-order valence-electron chi connectivity index (χ1n) is 15.4. The van der Waals surface area contributed by atoms with E-state index in [9.17, 15) is 0 Å². The third kappa shape index (κ3) is 4.90. The van der Waals surface area contributed by atoms with Crippen molar-refractivity contribution in [2.45, 2.75) is 92.4 Å². The van der Waals surface area contributed by atoms with Crippen LogP contribution in [0.3, 0.4) is 0 Å². The van der Waals surface area contributed by atoms with E-state index in [4.69, 9.17) is 0 Å². The highest BCUT2D eigenvalue weighted by molar-refractivity contribution is 5.92. The van der Waals surface area contributed by atoms with Gasteiger partial charge in [0.1, 0.15) is 0 Å². The Hall–Kier alpha value is -3.64. The molecular formula is C42H50. The first kappa shape index (κ1) is 31.3. The van der Waals surface area contributed by atoms with Crippen molar-refractivity contribution in [3.8, 4) is 22.3 Å². The molecule has 3 aromatic carbocycles. The summed E-state index contributed by atoms with van der Waals surface area (Å²) in [6, 6.07) is 21.3. The molecule has 0 heteroatoms. The van der Waals surface area contributed by atoms with Crippen LogP contribution in [0.1, 0.15) is 109 Å². The van der Waals surface area contributed by atoms with E-state index in [0.29, 0.717) is 0 Å². The molecule has 0 radical (unpaired) electrons. The van der Waals surface area contributed by atoms with Gasteiger partial charge in [-0.15, -0.1) is 0 Å². The maximum atomic E-state index is 4.08. The van der Waals surface area contributed by atoms with E-state index in [0.717, 1.165) is 18.4 Å². The molecule has 0 saturated carbocycles. The van der Waals surface area contributed by atoms with Crippen LogP contribution in [-0.2, 0) is 10.8 Å². The summed E-state index contributed by atoms with van der Waals surface area (Å²) >= 11 is 0. The Morgan fingerprint density at radius 2 is 1.33 bits per heavy atom. The predicted octanol–water partition coefficient (Wildman–Crippen LogP) is 12.6. The number of hydrogen-bond acceptors (Lipinski definition) is 0. The Labute approximate surface area is 256 Å². The van der Waals surface area contributed by atoms with Gasteiger partial charge in [-0.2, -0.15) is 0 Å². The topological polar surface area (TPSA) is 0 Å². The van der Waals surface area contributed by atoms with Gasteiger partial charge >= 0.3 is 0 Å². The summed E-state index contributed by atoms with van der Waals surface area (Å²) in [6.07, 6.45) is 13.4. The zero-order chi connectivity index (χ0) is 29.5. The first-order chi connectivity index (χ1) is 19.6. The first-order valence-corrected chi connectivity index (χ1v) is 15.4. The molecule has 0 aliphatic heterocycles. The minimum atomic E-state index is -0.0664. The molecule has 2 aliphatic carbocycles. The van der Waals surface area contributed by atoms with Crippen LogP contribution in [0.4, 0.5) is 0 Å². The van der Waals surface area contributed by atoms with Gasteiger partial charge in [-0.05, 0) is 119 Å². The molecule has 3 aromatic rings. The number of hydrogen-bond donors (Lipinski definition) is 0. The molecule has 0 atom stereocenters. The average Bonchev–Trinajstić information content (AvgIpc) is 3.33. The Balaban J connectivity index is 0.00000405. The SMILES string of the molecule is C.C=C/C=C1\C(=C/C)C(CCC)(CCC)c2cc(-c3ccc4c(c3)C(C)(C)c3cc(/C(C)=C/C(=C)C)ccc3-4)ccc21. The molecule has 0 unspecified atom stereocenters. The lowest BCUT2D eigenvalue weighted by molar-refractivity contribution is 0.435. The Morgan fingerprint density at radius 1 is 0.786 bits per heavy atom. The lowest BCUT2D eigenvalue weighted by Crippen LogP contribution is -2.25. The highest BCUT2D eigenvalue weighted by atomic mass is 14.5. The van der Waals surface area contributed by atoms with Crippen molar-refractivity contribution in [2.75, 3.05) is 0 Å². The monoisotopic (exact) mass is 554 g/mol. The van der Waals surface area contributed by atoms with Gasteiger partial charge in [0.05, 0.1) is 0 Å². The fourth-order valence-corrected chi connectivity index (χ4v) is 7.76. The minimum Gasteiger partial charge on any atom is -0.0990 e. The maximum absolute atomic E-state index is 4.08. The Kier molecular flexibility index (Phi) is 8.89. The average molecular weight is 555 g/mol. The number of fused-ring (bicyclic) bond motifs is 4. The largest absolute Gasteiger partial charge is 0.0990 e. The predicted molar refractivity (Wildman–Crippen MR) is 188 cm³/mol. The molecule has 0 fully saturated rings. The Bertz CT molecular complexity index is 1620. The van der Waals surface area contributed by atoms with Crippen LogP contribution in [0, 0.1) is 0 Å². The maximum Gasteiger partial charge on any atom is 0.0212 e. The molecule has 0 nitrogen and oxygen atoms in total. The summed E-state index contributed by atoms with van der Waals surface area (Å²) in [5.74, 6) is 0. The van der Waals surface area contributed by atoms with Gasteiger partial charge in [0.15, 0.2) is 0 Å². The second kappa shape index (κ2) is 11.9. The lowest BCUT2D eigenvalue weighted by atomic mass is 9.71. The molecule has 0 aromatic heterocycles. The normalized spacial score (nSPS) is 17.9. The summed E-state index contributed by atoms with van der Waals surface area (Å²) in [7, 11) is 0. The van der Waals surface area contributed by atoms with Gasteiger partial charge < -0.3 is 0 Å². The molecular weight excluding hydrogens is 504 g/mol. The van der Waals surface area contributed by atoms with Gasteiger partial charge in [0.25, 0.3) is 0 Å². The van der Waals surface area contributed by atoms with E-state index in [1.54, 1.807) is 0 Å². The van der Waals surface area contributed by atoms with Crippen molar-refractivity contribution in [2.24, 2.45) is 0 Å². The smallest absolute Gasteiger partial charge is 0.0212 e. The third-order valence-corrected chi connectivity index (χ3v) is 9.49. The van der Waals surface area contributed by atoms with Crippen LogP contribution in [0.15, 0.2) is 103 Å². The van der Waals surface area contributed by atoms with Gasteiger partial charge in [-0.1, -0.05) is 127 Å². The standard InChI is InChI=1S/C41H46.CH4/c1-10-14-32-35-20-17-31(26-39(35)41(21-11-2,22-12-3)36(32)13-4)30-16-19-34-33-18-15-29(28(7)23-27(5)6)24-37(33)40(8,9)38(34)25-30;/h10,13-20,23-26H,1,5,11-12,21-22H2,2-4,6-9H3;1H4/b28-23+,32-14-,36-13+;. The number of rotatable bonds is 8. The molecule has 0 bridgehead atoms. The van der Waals surface area contributed by atoms with Crippen LogP contribution in [0.25, 0.3) is 33.4 Å². The van der Waals surface area contributed by atoms with Crippen LogP contribution in [-0.4, -0.2) is 0 Å². The third-order valence-electron chi connectivity index (χ3n) is 9.49. The van der Waals surface area contributed by atoms with Crippen molar-refractivity contribution < 1.29 is 0 Å².